The number of rotatable bonds is 2. The molecule has 4 heteroatoms. The molecule has 0 spiro atoms. The highest BCUT2D eigenvalue weighted by Crippen LogP contribution is 1.62. The normalized spacial score (nSPS) is 8.12. The minimum absolute atomic E-state index is 0.452. The lowest BCUT2D eigenvalue weighted by Crippen LogP contribution is -2.34. The van der Waals surface area contributed by atoms with Crippen molar-refractivity contribution >= 4 is 12.7 Å². The number of amides is 2. The van der Waals surface area contributed by atoms with Crippen LogP contribution in [0.25, 0.3) is 0 Å². The number of aliphatic imine (C=N–C) groups is 1. The molecule has 0 aromatic heterocycles. The molecular weight excluding hydrogens is 106 g/mol. The zero-order valence-electron chi connectivity index (χ0n) is 4.77. The highest BCUT2D eigenvalue weighted by Gasteiger charge is 1.87. The summed E-state index contributed by atoms with van der Waals surface area (Å²) in [5.74, 6) is 0. The first-order chi connectivity index (χ1) is 3.81. The number of hydrazine groups is 1. The van der Waals surface area contributed by atoms with Gasteiger partial charge < -0.3 is 0 Å². The van der Waals surface area contributed by atoms with Crippen molar-refractivity contribution in [2.45, 2.75) is 6.92 Å². The third kappa shape index (κ3) is 3.30. The van der Waals surface area contributed by atoms with E-state index >= 15 is 0 Å². The molecule has 0 radical (unpaired) electrons. The van der Waals surface area contributed by atoms with Gasteiger partial charge in [-0.25, -0.2) is 15.2 Å². The fraction of sp³-hybridized carbons (Fsp3) is 0.500. The lowest BCUT2D eigenvalue weighted by atomic mass is 10.8. The molecular formula is C4H9N3O. The first-order valence-electron chi connectivity index (χ1n) is 2.30. The van der Waals surface area contributed by atoms with Crippen LogP contribution in [0.1, 0.15) is 6.92 Å². The number of hydrogen-bond donors (Lipinski definition) is 2. The number of carbonyl (C=O) groups is 1. The van der Waals surface area contributed by atoms with Crippen LogP contribution in [0.5, 0.6) is 0 Å². The van der Waals surface area contributed by atoms with Crippen LogP contribution in [-0.2, 0) is 0 Å². The van der Waals surface area contributed by atoms with E-state index in [1.165, 1.54) is 0 Å². The summed E-state index contributed by atoms with van der Waals surface area (Å²) in [5.41, 5.74) is 4.83. The summed E-state index contributed by atoms with van der Waals surface area (Å²) in [4.78, 5) is 13.2. The summed E-state index contributed by atoms with van der Waals surface area (Å²) >= 11 is 0. The maximum Gasteiger partial charge on any atom is 0.354 e. The molecule has 2 amide bonds. The number of nitrogens with one attached hydrogen (secondary N) is 2. The van der Waals surface area contributed by atoms with Gasteiger partial charge in [0.15, 0.2) is 0 Å². The SMILES string of the molecule is C=NC(=O)NNCC. The van der Waals surface area contributed by atoms with Crippen molar-refractivity contribution in [3.05, 3.63) is 0 Å². The van der Waals surface area contributed by atoms with Crippen LogP contribution in [0.4, 0.5) is 4.79 Å². The average molecular weight is 115 g/mol. The molecule has 8 heavy (non-hydrogen) atoms. The van der Waals surface area contributed by atoms with E-state index in [0.29, 0.717) is 6.54 Å². The van der Waals surface area contributed by atoms with E-state index in [1.807, 2.05) is 6.92 Å². The van der Waals surface area contributed by atoms with Gasteiger partial charge in [-0.05, 0) is 6.72 Å². The van der Waals surface area contributed by atoms with Crippen LogP contribution in [0, 0.1) is 0 Å². The summed E-state index contributed by atoms with van der Waals surface area (Å²) in [6.07, 6.45) is 0. The summed E-state index contributed by atoms with van der Waals surface area (Å²) in [6.45, 7) is 5.56. The van der Waals surface area contributed by atoms with Gasteiger partial charge in [-0.15, -0.1) is 0 Å². The summed E-state index contributed by atoms with van der Waals surface area (Å²) < 4.78 is 0. The number of hydrogen-bond acceptors (Lipinski definition) is 2. The molecule has 0 aliphatic rings. The maximum atomic E-state index is 10.2. The Balaban J connectivity index is 3.11. The molecule has 0 heterocycles. The van der Waals surface area contributed by atoms with E-state index in [1.54, 1.807) is 0 Å². The predicted octanol–water partition coefficient (Wildman–Crippen LogP) is -0.0789. The third-order valence-corrected chi connectivity index (χ3v) is 0.516. The fourth-order valence-corrected chi connectivity index (χ4v) is 0.204. The van der Waals surface area contributed by atoms with Crippen molar-refractivity contribution in [2.75, 3.05) is 6.54 Å². The maximum absolute atomic E-state index is 10.2. The fourth-order valence-electron chi connectivity index (χ4n) is 0.204. The Morgan fingerprint density at radius 1 is 1.88 bits per heavy atom. The lowest BCUT2D eigenvalue weighted by molar-refractivity contribution is 0.245. The molecule has 46 valence electrons. The zero-order chi connectivity index (χ0) is 6.41. The monoisotopic (exact) mass is 115 g/mol. The predicted molar refractivity (Wildman–Crippen MR) is 31.8 cm³/mol. The Morgan fingerprint density at radius 2 is 2.50 bits per heavy atom. The number of urea groups is 1. The molecule has 4 nitrogen and oxygen atoms in total. The van der Waals surface area contributed by atoms with Crippen LogP contribution >= 0.6 is 0 Å². The molecule has 0 saturated heterocycles. The van der Waals surface area contributed by atoms with Gasteiger partial charge in [0.05, 0.1) is 0 Å². The zero-order valence-corrected chi connectivity index (χ0v) is 4.77. The summed E-state index contributed by atoms with van der Waals surface area (Å²) in [5, 5.41) is 0. The second-order valence-electron chi connectivity index (χ2n) is 1.12. The largest absolute Gasteiger partial charge is 0.354 e. The standard InChI is InChI=1S/C4H9N3O/c1-3-6-7-4(8)5-2/h6H,2-3H2,1H3,(H,7,8). The van der Waals surface area contributed by atoms with Gasteiger partial charge in [-0.1, -0.05) is 6.92 Å². The second kappa shape index (κ2) is 4.26. The molecule has 0 atom stereocenters. The van der Waals surface area contributed by atoms with E-state index in [4.69, 9.17) is 0 Å². The van der Waals surface area contributed by atoms with E-state index < -0.39 is 6.03 Å². The van der Waals surface area contributed by atoms with Crippen molar-refractivity contribution in [3.8, 4) is 0 Å². The highest BCUT2D eigenvalue weighted by atomic mass is 16.2. The first-order valence-corrected chi connectivity index (χ1v) is 2.30. The highest BCUT2D eigenvalue weighted by molar-refractivity contribution is 5.78. The van der Waals surface area contributed by atoms with Gasteiger partial charge in [-0.3, -0.25) is 5.43 Å². The van der Waals surface area contributed by atoms with Gasteiger partial charge in [-0.2, -0.15) is 0 Å². The van der Waals surface area contributed by atoms with Crippen molar-refractivity contribution in [1.82, 2.24) is 10.9 Å². The van der Waals surface area contributed by atoms with E-state index in [0.717, 1.165) is 0 Å². The van der Waals surface area contributed by atoms with E-state index in [2.05, 4.69) is 22.6 Å². The Bertz CT molecular complexity index is 91.3. The molecule has 0 unspecified atom stereocenters. The smallest absolute Gasteiger partial charge is 0.271 e. The Kier molecular flexibility index (Phi) is 3.78. The molecule has 0 saturated carbocycles. The summed E-state index contributed by atoms with van der Waals surface area (Å²) in [6, 6.07) is -0.452. The molecule has 0 bridgehead atoms. The summed E-state index contributed by atoms with van der Waals surface area (Å²) in [7, 11) is 0. The molecule has 2 N–H and O–H groups in total. The third-order valence-electron chi connectivity index (χ3n) is 0.516. The Morgan fingerprint density at radius 3 is 2.88 bits per heavy atom. The molecule has 0 fully saturated rings. The van der Waals surface area contributed by atoms with Gasteiger partial charge >= 0.3 is 6.03 Å². The van der Waals surface area contributed by atoms with Gasteiger partial charge in [0, 0.05) is 6.54 Å². The van der Waals surface area contributed by atoms with Gasteiger partial charge in [0.2, 0.25) is 0 Å². The molecule has 0 aromatic rings. The molecule has 0 aliphatic carbocycles. The van der Waals surface area contributed by atoms with E-state index in [9.17, 15) is 4.79 Å². The Hall–Kier alpha value is -0.900. The van der Waals surface area contributed by atoms with Crippen LogP contribution < -0.4 is 10.9 Å². The van der Waals surface area contributed by atoms with Crippen molar-refractivity contribution in [1.29, 1.82) is 0 Å². The topological polar surface area (TPSA) is 53.5 Å². The quantitative estimate of drug-likeness (QED) is 0.390. The van der Waals surface area contributed by atoms with E-state index in [-0.39, 0.29) is 0 Å². The minimum atomic E-state index is -0.452. The molecule has 0 aliphatic heterocycles. The second-order valence-corrected chi connectivity index (χ2v) is 1.12. The Labute approximate surface area is 48.0 Å². The van der Waals surface area contributed by atoms with Crippen LogP contribution in [0.2, 0.25) is 0 Å². The van der Waals surface area contributed by atoms with Crippen LogP contribution in [0.3, 0.4) is 0 Å². The van der Waals surface area contributed by atoms with Gasteiger partial charge in [0.25, 0.3) is 0 Å². The molecule has 0 aromatic carbocycles. The van der Waals surface area contributed by atoms with Crippen LogP contribution in [0.15, 0.2) is 4.99 Å². The van der Waals surface area contributed by atoms with Crippen molar-refractivity contribution < 1.29 is 4.79 Å². The number of nitrogens with zero attached hydrogens (tertiary/aromatic N) is 1. The first kappa shape index (κ1) is 7.10. The van der Waals surface area contributed by atoms with Gasteiger partial charge in [0.1, 0.15) is 0 Å². The molecule has 0 rings (SSSR count). The average Bonchev–Trinajstić information content (AvgIpc) is 1.83. The number of carbonyl (C=O) groups excluding carboxylic acids is 1. The minimum Gasteiger partial charge on any atom is -0.271 e. The van der Waals surface area contributed by atoms with Crippen molar-refractivity contribution in [2.24, 2.45) is 4.99 Å². The van der Waals surface area contributed by atoms with Crippen LogP contribution in [-0.4, -0.2) is 19.3 Å². The lowest BCUT2D eigenvalue weighted by Gasteiger charge is -1.96. The van der Waals surface area contributed by atoms with Crippen molar-refractivity contribution in [3.63, 3.8) is 0 Å².